The first-order chi connectivity index (χ1) is 9.40. The molecule has 0 spiro atoms. The summed E-state index contributed by atoms with van der Waals surface area (Å²) in [6.45, 7) is -0.274. The first-order valence-electron chi connectivity index (χ1n) is 6.17. The summed E-state index contributed by atoms with van der Waals surface area (Å²) in [6.07, 6.45) is 2.92. The molecular formula is C13H15N3O3S. The van der Waals surface area contributed by atoms with Crippen LogP contribution in [-0.4, -0.2) is 33.2 Å². The van der Waals surface area contributed by atoms with E-state index in [1.807, 2.05) is 6.07 Å². The van der Waals surface area contributed by atoms with Crippen molar-refractivity contribution in [1.82, 2.24) is 5.32 Å². The molecule has 1 aliphatic carbocycles. The SMILES string of the molecule is CS(=O)(=O)N(CC(=O)NC1CC1)c1cccc(C#N)c1. The van der Waals surface area contributed by atoms with Crippen LogP contribution >= 0.6 is 0 Å². The molecule has 1 fully saturated rings. The number of nitriles is 1. The van der Waals surface area contributed by atoms with E-state index < -0.39 is 10.0 Å². The fourth-order valence-corrected chi connectivity index (χ4v) is 2.61. The van der Waals surface area contributed by atoms with Gasteiger partial charge in [-0.25, -0.2) is 8.42 Å². The third-order valence-corrected chi connectivity index (χ3v) is 4.03. The minimum atomic E-state index is -3.59. The number of benzene rings is 1. The van der Waals surface area contributed by atoms with E-state index in [1.165, 1.54) is 6.07 Å². The van der Waals surface area contributed by atoms with Crippen LogP contribution in [0.4, 0.5) is 5.69 Å². The monoisotopic (exact) mass is 293 g/mol. The van der Waals surface area contributed by atoms with Crippen LogP contribution in [0.1, 0.15) is 18.4 Å². The van der Waals surface area contributed by atoms with Gasteiger partial charge < -0.3 is 5.32 Å². The maximum atomic E-state index is 11.8. The molecule has 0 heterocycles. The molecule has 20 heavy (non-hydrogen) atoms. The molecule has 1 saturated carbocycles. The van der Waals surface area contributed by atoms with E-state index in [0.29, 0.717) is 11.3 Å². The Labute approximate surface area is 118 Å². The smallest absolute Gasteiger partial charge is 0.240 e. The van der Waals surface area contributed by atoms with Crippen LogP contribution in [0.5, 0.6) is 0 Å². The molecule has 0 radical (unpaired) electrons. The molecule has 7 heteroatoms. The van der Waals surface area contributed by atoms with Gasteiger partial charge in [0.25, 0.3) is 0 Å². The van der Waals surface area contributed by atoms with Crippen LogP contribution < -0.4 is 9.62 Å². The summed E-state index contributed by atoms with van der Waals surface area (Å²) in [5.41, 5.74) is 0.663. The molecule has 106 valence electrons. The van der Waals surface area contributed by atoms with Crippen LogP contribution in [-0.2, 0) is 14.8 Å². The van der Waals surface area contributed by atoms with Crippen LogP contribution in [0.2, 0.25) is 0 Å². The van der Waals surface area contributed by atoms with Gasteiger partial charge in [-0.2, -0.15) is 5.26 Å². The second kappa shape index (κ2) is 5.51. The molecule has 1 N–H and O–H groups in total. The van der Waals surface area contributed by atoms with Crippen molar-refractivity contribution in [1.29, 1.82) is 5.26 Å². The van der Waals surface area contributed by atoms with Crippen LogP contribution in [0.15, 0.2) is 24.3 Å². The van der Waals surface area contributed by atoms with E-state index >= 15 is 0 Å². The lowest BCUT2D eigenvalue weighted by molar-refractivity contribution is -0.119. The van der Waals surface area contributed by atoms with Crippen molar-refractivity contribution in [2.45, 2.75) is 18.9 Å². The van der Waals surface area contributed by atoms with Crippen molar-refractivity contribution in [2.75, 3.05) is 17.1 Å². The van der Waals surface area contributed by atoms with Crippen LogP contribution in [0, 0.1) is 11.3 Å². The number of nitrogens with one attached hydrogen (secondary N) is 1. The maximum absolute atomic E-state index is 11.8. The van der Waals surface area contributed by atoms with E-state index in [9.17, 15) is 13.2 Å². The molecule has 0 aromatic heterocycles. The summed E-state index contributed by atoms with van der Waals surface area (Å²) in [7, 11) is -3.59. The van der Waals surface area contributed by atoms with Gasteiger partial charge in [0, 0.05) is 6.04 Å². The number of nitrogens with zero attached hydrogens (tertiary/aromatic N) is 2. The number of carbonyl (C=O) groups is 1. The Balaban J connectivity index is 2.22. The lowest BCUT2D eigenvalue weighted by Gasteiger charge is -2.22. The quantitative estimate of drug-likeness (QED) is 0.861. The second-order valence-electron chi connectivity index (χ2n) is 4.77. The van der Waals surface area contributed by atoms with E-state index in [2.05, 4.69) is 5.32 Å². The van der Waals surface area contributed by atoms with E-state index in [-0.39, 0.29) is 18.5 Å². The number of hydrogen-bond acceptors (Lipinski definition) is 4. The van der Waals surface area contributed by atoms with Gasteiger partial charge in [-0.1, -0.05) is 6.07 Å². The van der Waals surface area contributed by atoms with Crippen molar-refractivity contribution in [2.24, 2.45) is 0 Å². The lowest BCUT2D eigenvalue weighted by atomic mass is 10.2. The Morgan fingerprint density at radius 1 is 1.50 bits per heavy atom. The average Bonchev–Trinajstić information content (AvgIpc) is 3.18. The molecule has 0 bridgehead atoms. The van der Waals surface area contributed by atoms with Gasteiger partial charge in [0.15, 0.2) is 0 Å². The molecule has 1 aliphatic rings. The average molecular weight is 293 g/mol. The fourth-order valence-electron chi connectivity index (χ4n) is 1.76. The van der Waals surface area contributed by atoms with E-state index in [1.54, 1.807) is 18.2 Å². The van der Waals surface area contributed by atoms with Crippen molar-refractivity contribution >= 4 is 21.6 Å². The Kier molecular flexibility index (Phi) is 3.95. The first kappa shape index (κ1) is 14.3. The highest BCUT2D eigenvalue weighted by Gasteiger charge is 2.26. The van der Waals surface area contributed by atoms with Crippen molar-refractivity contribution < 1.29 is 13.2 Å². The molecular weight excluding hydrogens is 278 g/mol. The molecule has 1 amide bonds. The predicted octanol–water partition coefficient (Wildman–Crippen LogP) is 0.603. The predicted molar refractivity (Wildman–Crippen MR) is 74.5 cm³/mol. The number of hydrogen-bond donors (Lipinski definition) is 1. The van der Waals surface area contributed by atoms with Gasteiger partial charge in [0.1, 0.15) is 6.54 Å². The normalized spacial score (nSPS) is 14.4. The van der Waals surface area contributed by atoms with E-state index in [0.717, 1.165) is 23.4 Å². The molecule has 6 nitrogen and oxygen atoms in total. The fraction of sp³-hybridized carbons (Fsp3) is 0.385. The molecule has 0 unspecified atom stereocenters. The maximum Gasteiger partial charge on any atom is 0.240 e. The number of sulfonamides is 1. The summed E-state index contributed by atoms with van der Waals surface area (Å²) in [6, 6.07) is 8.30. The van der Waals surface area contributed by atoms with Crippen LogP contribution in [0.3, 0.4) is 0 Å². The first-order valence-corrected chi connectivity index (χ1v) is 8.02. The topological polar surface area (TPSA) is 90.3 Å². The Morgan fingerprint density at radius 2 is 2.20 bits per heavy atom. The zero-order chi connectivity index (χ0) is 14.8. The third kappa shape index (κ3) is 3.71. The van der Waals surface area contributed by atoms with Gasteiger partial charge >= 0.3 is 0 Å². The number of rotatable bonds is 5. The molecule has 2 rings (SSSR count). The van der Waals surface area contributed by atoms with Crippen molar-refractivity contribution in [3.8, 4) is 6.07 Å². The van der Waals surface area contributed by atoms with Crippen molar-refractivity contribution in [3.05, 3.63) is 29.8 Å². The Bertz CT molecular complexity index is 660. The van der Waals surface area contributed by atoms with Crippen LogP contribution in [0.25, 0.3) is 0 Å². The van der Waals surface area contributed by atoms with E-state index in [4.69, 9.17) is 5.26 Å². The second-order valence-corrected chi connectivity index (χ2v) is 6.68. The summed E-state index contributed by atoms with van der Waals surface area (Å²) in [5, 5.41) is 11.6. The summed E-state index contributed by atoms with van der Waals surface area (Å²) in [4.78, 5) is 11.8. The Morgan fingerprint density at radius 3 is 2.75 bits per heavy atom. The zero-order valence-electron chi connectivity index (χ0n) is 11.0. The molecule has 1 aromatic carbocycles. The van der Waals surface area contributed by atoms with Gasteiger partial charge in [-0.05, 0) is 31.0 Å². The van der Waals surface area contributed by atoms with Gasteiger partial charge in [-0.15, -0.1) is 0 Å². The zero-order valence-corrected chi connectivity index (χ0v) is 11.9. The lowest BCUT2D eigenvalue weighted by Crippen LogP contribution is -2.41. The highest BCUT2D eigenvalue weighted by Crippen LogP contribution is 2.20. The summed E-state index contributed by atoms with van der Waals surface area (Å²) >= 11 is 0. The standard InChI is InChI=1S/C13H15N3O3S/c1-20(18,19)16(9-13(17)15-11-5-6-11)12-4-2-3-10(7-12)8-14/h2-4,7,11H,5-6,9H2,1H3,(H,15,17). The Hall–Kier alpha value is -2.07. The minimum Gasteiger partial charge on any atom is -0.352 e. The molecule has 1 aromatic rings. The van der Waals surface area contributed by atoms with Gasteiger partial charge in [0.2, 0.25) is 15.9 Å². The minimum absolute atomic E-state index is 0.175. The van der Waals surface area contributed by atoms with Crippen molar-refractivity contribution in [3.63, 3.8) is 0 Å². The molecule has 0 saturated heterocycles. The summed E-state index contributed by atoms with van der Waals surface area (Å²) < 4.78 is 24.7. The largest absolute Gasteiger partial charge is 0.352 e. The number of amides is 1. The highest BCUT2D eigenvalue weighted by atomic mass is 32.2. The summed E-state index contributed by atoms with van der Waals surface area (Å²) in [5.74, 6) is -0.333. The van der Waals surface area contributed by atoms with Gasteiger partial charge in [0.05, 0.1) is 23.6 Å². The number of anilines is 1. The molecule has 0 atom stereocenters. The molecule has 0 aliphatic heterocycles. The number of carbonyl (C=O) groups excluding carboxylic acids is 1. The highest BCUT2D eigenvalue weighted by molar-refractivity contribution is 7.92. The van der Waals surface area contributed by atoms with Gasteiger partial charge in [-0.3, -0.25) is 9.10 Å². The third-order valence-electron chi connectivity index (χ3n) is 2.89.